The molecule has 29 heavy (non-hydrogen) atoms. The summed E-state index contributed by atoms with van der Waals surface area (Å²) < 4.78 is 1.83. The maximum atomic E-state index is 12.2. The van der Waals surface area contributed by atoms with Crippen LogP contribution in [0.25, 0.3) is 5.69 Å². The molecule has 0 aliphatic carbocycles. The van der Waals surface area contributed by atoms with Crippen molar-refractivity contribution in [3.8, 4) is 5.69 Å². The van der Waals surface area contributed by atoms with Gasteiger partial charge in [0.1, 0.15) is 0 Å². The zero-order valence-electron chi connectivity index (χ0n) is 15.6. The van der Waals surface area contributed by atoms with E-state index in [4.69, 9.17) is 0 Å². The van der Waals surface area contributed by atoms with E-state index < -0.39 is 4.92 Å². The maximum absolute atomic E-state index is 12.2. The monoisotopic (exact) mass is 389 g/mol. The standard InChI is InChI=1S/C21H19N5O3/c27-21(15-24-13-16-4-1-2-5-17(16)14-24)23-22-12-20-6-3-11-25(20)18-7-9-19(10-8-18)26(28)29/h1-12H,13-15H2,(H,23,27)/b22-12+. The van der Waals surface area contributed by atoms with Crippen LogP contribution >= 0.6 is 0 Å². The number of carbonyl (C=O) groups excluding carboxylic acids is 1. The second-order valence-electron chi connectivity index (χ2n) is 6.78. The second-order valence-corrected chi connectivity index (χ2v) is 6.78. The first-order chi connectivity index (χ1) is 14.1. The number of benzene rings is 2. The van der Waals surface area contributed by atoms with Crippen molar-refractivity contribution in [3.63, 3.8) is 0 Å². The molecule has 0 saturated carbocycles. The Morgan fingerprint density at radius 1 is 1.07 bits per heavy atom. The molecule has 0 radical (unpaired) electrons. The van der Waals surface area contributed by atoms with Crippen LogP contribution in [0.5, 0.6) is 0 Å². The first-order valence-corrected chi connectivity index (χ1v) is 9.13. The Kier molecular flexibility index (Phi) is 5.17. The average molecular weight is 389 g/mol. The minimum absolute atomic E-state index is 0.0347. The van der Waals surface area contributed by atoms with Crippen molar-refractivity contribution in [3.05, 3.63) is 93.8 Å². The molecule has 8 heteroatoms. The van der Waals surface area contributed by atoms with Crippen LogP contribution in [0.1, 0.15) is 16.8 Å². The maximum Gasteiger partial charge on any atom is 0.269 e. The van der Waals surface area contributed by atoms with Gasteiger partial charge in [0, 0.05) is 37.1 Å². The van der Waals surface area contributed by atoms with Crippen molar-refractivity contribution in [2.24, 2.45) is 5.10 Å². The number of carbonyl (C=O) groups is 1. The minimum Gasteiger partial charge on any atom is -0.316 e. The molecule has 8 nitrogen and oxygen atoms in total. The number of non-ortho nitro benzene ring substituents is 1. The van der Waals surface area contributed by atoms with Crippen LogP contribution in [0.15, 0.2) is 72.0 Å². The number of nitrogens with zero attached hydrogens (tertiary/aromatic N) is 4. The van der Waals surface area contributed by atoms with Gasteiger partial charge in [-0.25, -0.2) is 5.43 Å². The zero-order valence-corrected chi connectivity index (χ0v) is 15.6. The summed E-state index contributed by atoms with van der Waals surface area (Å²) in [6, 6.07) is 18.1. The predicted molar refractivity (Wildman–Crippen MR) is 109 cm³/mol. The lowest BCUT2D eigenvalue weighted by atomic mass is 10.1. The Hall–Kier alpha value is -3.78. The largest absolute Gasteiger partial charge is 0.316 e. The second kappa shape index (κ2) is 8.07. The number of aromatic nitrogens is 1. The van der Waals surface area contributed by atoms with Gasteiger partial charge in [-0.3, -0.25) is 19.8 Å². The van der Waals surface area contributed by atoms with Crippen LogP contribution in [0.4, 0.5) is 5.69 Å². The van der Waals surface area contributed by atoms with Crippen molar-refractivity contribution in [2.75, 3.05) is 6.54 Å². The third kappa shape index (κ3) is 4.22. The highest BCUT2D eigenvalue weighted by Gasteiger charge is 2.20. The molecule has 1 aliphatic heterocycles. The minimum atomic E-state index is -0.434. The molecule has 0 fully saturated rings. The molecule has 146 valence electrons. The Bertz CT molecular complexity index is 1050. The Balaban J connectivity index is 1.35. The molecule has 3 aromatic rings. The predicted octanol–water partition coefficient (Wildman–Crippen LogP) is 2.85. The normalized spacial score (nSPS) is 13.5. The molecule has 1 amide bonds. The number of rotatable bonds is 6. The summed E-state index contributed by atoms with van der Waals surface area (Å²) in [7, 11) is 0. The number of nitro benzene ring substituents is 1. The zero-order chi connectivity index (χ0) is 20.2. The van der Waals surface area contributed by atoms with E-state index in [1.807, 2.05) is 35.0 Å². The number of nitrogens with one attached hydrogen (secondary N) is 1. The van der Waals surface area contributed by atoms with Gasteiger partial charge in [-0.05, 0) is 35.4 Å². The van der Waals surface area contributed by atoms with Gasteiger partial charge in [0.15, 0.2) is 0 Å². The molecule has 0 atom stereocenters. The fourth-order valence-corrected chi connectivity index (χ4v) is 3.39. The van der Waals surface area contributed by atoms with Crippen LogP contribution in [-0.4, -0.2) is 33.1 Å². The van der Waals surface area contributed by atoms with Crippen molar-refractivity contribution in [1.29, 1.82) is 0 Å². The van der Waals surface area contributed by atoms with Gasteiger partial charge < -0.3 is 4.57 Å². The SMILES string of the molecule is O=C(CN1Cc2ccccc2C1)N/N=C/c1cccn1-c1ccc([N+](=O)[O-])cc1. The summed E-state index contributed by atoms with van der Waals surface area (Å²) in [6.07, 6.45) is 3.38. The Morgan fingerprint density at radius 2 is 1.76 bits per heavy atom. The van der Waals surface area contributed by atoms with Gasteiger partial charge in [-0.15, -0.1) is 0 Å². The number of hydrogen-bond acceptors (Lipinski definition) is 5. The third-order valence-corrected chi connectivity index (χ3v) is 4.78. The smallest absolute Gasteiger partial charge is 0.269 e. The lowest BCUT2D eigenvalue weighted by molar-refractivity contribution is -0.384. The first kappa shape index (κ1) is 18.6. The average Bonchev–Trinajstić information content (AvgIpc) is 3.34. The molecule has 0 unspecified atom stereocenters. The van der Waals surface area contributed by atoms with E-state index in [1.54, 1.807) is 18.3 Å². The first-order valence-electron chi connectivity index (χ1n) is 9.13. The van der Waals surface area contributed by atoms with Crippen LogP contribution in [0.2, 0.25) is 0 Å². The summed E-state index contributed by atoms with van der Waals surface area (Å²) >= 11 is 0. The van der Waals surface area contributed by atoms with Crippen LogP contribution in [0.3, 0.4) is 0 Å². The molecule has 0 bridgehead atoms. The third-order valence-electron chi connectivity index (χ3n) is 4.78. The van der Waals surface area contributed by atoms with Crippen LogP contribution < -0.4 is 5.43 Å². The molecule has 1 aromatic heterocycles. The molecular weight excluding hydrogens is 370 g/mol. The lowest BCUT2D eigenvalue weighted by Gasteiger charge is -2.12. The molecule has 2 aromatic carbocycles. The van der Waals surface area contributed by atoms with Crippen molar-refractivity contribution in [1.82, 2.24) is 14.9 Å². The van der Waals surface area contributed by atoms with Gasteiger partial charge in [0.05, 0.1) is 23.4 Å². The van der Waals surface area contributed by atoms with E-state index in [2.05, 4.69) is 27.6 Å². The number of nitro groups is 1. The van der Waals surface area contributed by atoms with E-state index in [1.165, 1.54) is 23.3 Å². The van der Waals surface area contributed by atoms with Crippen LogP contribution in [-0.2, 0) is 17.9 Å². The van der Waals surface area contributed by atoms with Gasteiger partial charge in [-0.2, -0.15) is 5.10 Å². The summed E-state index contributed by atoms with van der Waals surface area (Å²) in [6.45, 7) is 1.79. The fraction of sp³-hybridized carbons (Fsp3) is 0.143. The summed E-state index contributed by atoms with van der Waals surface area (Å²) in [4.78, 5) is 24.6. The Morgan fingerprint density at radius 3 is 2.41 bits per heavy atom. The summed E-state index contributed by atoms with van der Waals surface area (Å²) in [5, 5.41) is 14.8. The van der Waals surface area contributed by atoms with E-state index >= 15 is 0 Å². The molecule has 4 rings (SSSR count). The number of hydrazone groups is 1. The van der Waals surface area contributed by atoms with E-state index in [0.717, 1.165) is 24.5 Å². The highest BCUT2D eigenvalue weighted by atomic mass is 16.6. The topological polar surface area (TPSA) is 92.8 Å². The Labute approximate surface area is 167 Å². The van der Waals surface area contributed by atoms with E-state index in [0.29, 0.717) is 0 Å². The lowest BCUT2D eigenvalue weighted by Crippen LogP contribution is -2.32. The molecule has 1 aliphatic rings. The molecule has 0 saturated heterocycles. The van der Waals surface area contributed by atoms with Gasteiger partial charge in [0.25, 0.3) is 11.6 Å². The van der Waals surface area contributed by atoms with Crippen molar-refractivity contribution >= 4 is 17.8 Å². The highest BCUT2D eigenvalue weighted by molar-refractivity contribution is 5.82. The summed E-state index contributed by atoms with van der Waals surface area (Å²) in [5.74, 6) is -0.178. The van der Waals surface area contributed by atoms with Crippen molar-refractivity contribution < 1.29 is 9.72 Å². The van der Waals surface area contributed by atoms with Crippen molar-refractivity contribution in [2.45, 2.75) is 13.1 Å². The van der Waals surface area contributed by atoms with Gasteiger partial charge >= 0.3 is 0 Å². The van der Waals surface area contributed by atoms with Gasteiger partial charge in [-0.1, -0.05) is 24.3 Å². The van der Waals surface area contributed by atoms with E-state index in [9.17, 15) is 14.9 Å². The molecule has 2 heterocycles. The number of hydrogen-bond donors (Lipinski definition) is 1. The van der Waals surface area contributed by atoms with E-state index in [-0.39, 0.29) is 18.1 Å². The summed E-state index contributed by atoms with van der Waals surface area (Å²) in [5.41, 5.74) is 6.62. The molecule has 1 N–H and O–H groups in total. The highest BCUT2D eigenvalue weighted by Crippen LogP contribution is 2.21. The number of fused-ring (bicyclic) bond motifs is 1. The van der Waals surface area contributed by atoms with Crippen LogP contribution in [0, 0.1) is 10.1 Å². The van der Waals surface area contributed by atoms with Gasteiger partial charge in [0.2, 0.25) is 0 Å². The fourth-order valence-electron chi connectivity index (χ4n) is 3.39. The molecule has 0 spiro atoms. The quantitative estimate of drug-likeness (QED) is 0.399. The molecular formula is C21H19N5O3. The number of amides is 1.